The van der Waals surface area contributed by atoms with Gasteiger partial charge in [0, 0.05) is 31.6 Å². The molecule has 2 aliphatic rings. The van der Waals surface area contributed by atoms with Gasteiger partial charge >= 0.3 is 5.97 Å². The quantitative estimate of drug-likeness (QED) is 0.667. The molecule has 0 radical (unpaired) electrons. The summed E-state index contributed by atoms with van der Waals surface area (Å²) in [5.74, 6) is -0.284. The Morgan fingerprint density at radius 1 is 1.43 bits per heavy atom. The van der Waals surface area contributed by atoms with E-state index >= 15 is 0 Å². The molecule has 2 unspecified atom stereocenters. The summed E-state index contributed by atoms with van der Waals surface area (Å²) in [6.07, 6.45) is 2.22. The Morgan fingerprint density at radius 3 is 3.00 bits per heavy atom. The van der Waals surface area contributed by atoms with Crippen molar-refractivity contribution >= 4 is 11.7 Å². The van der Waals surface area contributed by atoms with Crippen LogP contribution in [0.25, 0.3) is 0 Å². The zero-order valence-corrected chi connectivity index (χ0v) is 12.3. The zero-order valence-electron chi connectivity index (χ0n) is 12.3. The van der Waals surface area contributed by atoms with Crippen molar-refractivity contribution in [3.8, 4) is 0 Å². The number of hydrogen-bond acceptors (Lipinski definition) is 5. The van der Waals surface area contributed by atoms with Crippen molar-refractivity contribution in [3.05, 3.63) is 29.3 Å². The first-order chi connectivity index (χ1) is 10.1. The SMILES string of the molecule is Cc1cc(N)ccc1C(=O)OC1CCOC2(CCOC2)C1. The molecule has 2 aliphatic heterocycles. The number of carbonyl (C=O) groups excluding carboxylic acids is 1. The van der Waals surface area contributed by atoms with Crippen LogP contribution in [0.15, 0.2) is 18.2 Å². The van der Waals surface area contributed by atoms with Gasteiger partial charge in [-0.05, 0) is 30.7 Å². The highest BCUT2D eigenvalue weighted by atomic mass is 16.6. The molecule has 0 aliphatic carbocycles. The van der Waals surface area contributed by atoms with Crippen molar-refractivity contribution in [3.63, 3.8) is 0 Å². The lowest BCUT2D eigenvalue weighted by molar-refractivity contribution is -0.120. The van der Waals surface area contributed by atoms with E-state index in [1.807, 2.05) is 6.92 Å². The molecule has 5 nitrogen and oxygen atoms in total. The van der Waals surface area contributed by atoms with Gasteiger partial charge in [0.05, 0.1) is 24.4 Å². The second-order valence-electron chi connectivity index (χ2n) is 5.93. The lowest BCUT2D eigenvalue weighted by atomic mass is 9.91. The Hall–Kier alpha value is -1.59. The van der Waals surface area contributed by atoms with E-state index in [1.54, 1.807) is 18.2 Å². The highest BCUT2D eigenvalue weighted by Crippen LogP contribution is 2.34. The number of carbonyl (C=O) groups is 1. The van der Waals surface area contributed by atoms with Crippen LogP contribution in [0, 0.1) is 6.92 Å². The lowest BCUT2D eigenvalue weighted by Crippen LogP contribution is -2.43. The van der Waals surface area contributed by atoms with E-state index in [4.69, 9.17) is 19.9 Å². The topological polar surface area (TPSA) is 70.8 Å². The molecule has 114 valence electrons. The van der Waals surface area contributed by atoms with Gasteiger partial charge in [-0.25, -0.2) is 4.79 Å². The molecule has 5 heteroatoms. The number of ether oxygens (including phenoxy) is 3. The highest BCUT2D eigenvalue weighted by Gasteiger charge is 2.42. The van der Waals surface area contributed by atoms with Crippen molar-refractivity contribution in [1.82, 2.24) is 0 Å². The molecule has 1 spiro atoms. The van der Waals surface area contributed by atoms with E-state index in [1.165, 1.54) is 0 Å². The van der Waals surface area contributed by atoms with Crippen LogP contribution >= 0.6 is 0 Å². The Labute approximate surface area is 124 Å². The van der Waals surface area contributed by atoms with E-state index in [0.29, 0.717) is 30.9 Å². The van der Waals surface area contributed by atoms with Crippen molar-refractivity contribution in [2.45, 2.75) is 37.9 Å². The Balaban J connectivity index is 1.67. The third-order valence-corrected chi connectivity index (χ3v) is 4.26. The summed E-state index contributed by atoms with van der Waals surface area (Å²) in [6.45, 7) is 3.80. The van der Waals surface area contributed by atoms with Crippen LogP contribution in [0.4, 0.5) is 5.69 Å². The fraction of sp³-hybridized carbons (Fsp3) is 0.562. The van der Waals surface area contributed by atoms with Crippen LogP contribution in [-0.4, -0.2) is 37.5 Å². The summed E-state index contributed by atoms with van der Waals surface area (Å²) in [5.41, 5.74) is 7.52. The zero-order chi connectivity index (χ0) is 14.9. The molecule has 0 saturated carbocycles. The lowest BCUT2D eigenvalue weighted by Gasteiger charge is -2.36. The molecule has 2 heterocycles. The van der Waals surface area contributed by atoms with Gasteiger partial charge in [-0.2, -0.15) is 0 Å². The number of esters is 1. The van der Waals surface area contributed by atoms with Crippen molar-refractivity contribution in [1.29, 1.82) is 0 Å². The minimum Gasteiger partial charge on any atom is -0.459 e. The predicted molar refractivity (Wildman–Crippen MR) is 78.1 cm³/mol. The molecule has 2 atom stereocenters. The van der Waals surface area contributed by atoms with Crippen LogP contribution in [0.2, 0.25) is 0 Å². The minimum atomic E-state index is -0.284. The smallest absolute Gasteiger partial charge is 0.338 e. The normalized spacial score (nSPS) is 28.7. The van der Waals surface area contributed by atoms with Gasteiger partial charge in [-0.15, -0.1) is 0 Å². The molecule has 3 rings (SSSR count). The third kappa shape index (κ3) is 3.04. The van der Waals surface area contributed by atoms with E-state index < -0.39 is 0 Å². The van der Waals surface area contributed by atoms with Crippen molar-refractivity contribution < 1.29 is 19.0 Å². The molecule has 0 amide bonds. The van der Waals surface area contributed by atoms with Crippen LogP contribution in [0.1, 0.15) is 35.2 Å². The maximum atomic E-state index is 12.3. The molecular formula is C16H21NO4. The van der Waals surface area contributed by atoms with Crippen molar-refractivity contribution in [2.24, 2.45) is 0 Å². The number of nitrogens with two attached hydrogens (primary N) is 1. The Bertz CT molecular complexity index is 537. The third-order valence-electron chi connectivity index (χ3n) is 4.26. The largest absolute Gasteiger partial charge is 0.459 e. The highest BCUT2D eigenvalue weighted by molar-refractivity contribution is 5.91. The molecule has 2 fully saturated rings. The Morgan fingerprint density at radius 2 is 2.29 bits per heavy atom. The number of nitrogen functional groups attached to an aromatic ring is 1. The van der Waals surface area contributed by atoms with Crippen LogP contribution < -0.4 is 5.73 Å². The number of aryl methyl sites for hydroxylation is 1. The number of anilines is 1. The second-order valence-corrected chi connectivity index (χ2v) is 5.93. The van der Waals surface area contributed by atoms with E-state index in [-0.39, 0.29) is 17.7 Å². The standard InChI is InChI=1S/C16H21NO4/c1-11-8-12(17)2-3-14(11)15(18)21-13-4-6-20-16(9-13)5-7-19-10-16/h2-3,8,13H,4-7,9-10,17H2,1H3. The average molecular weight is 291 g/mol. The van der Waals surface area contributed by atoms with Crippen LogP contribution in [0.3, 0.4) is 0 Å². The van der Waals surface area contributed by atoms with Gasteiger partial charge in [0.25, 0.3) is 0 Å². The molecule has 2 N–H and O–H groups in total. The first-order valence-corrected chi connectivity index (χ1v) is 7.37. The first kappa shape index (κ1) is 14.4. The van der Waals surface area contributed by atoms with Crippen LogP contribution in [-0.2, 0) is 14.2 Å². The summed E-state index contributed by atoms with van der Waals surface area (Å²) in [5, 5.41) is 0. The van der Waals surface area contributed by atoms with Gasteiger partial charge < -0.3 is 19.9 Å². The average Bonchev–Trinajstić information content (AvgIpc) is 2.86. The number of hydrogen-bond donors (Lipinski definition) is 1. The van der Waals surface area contributed by atoms with E-state index in [0.717, 1.165) is 25.0 Å². The van der Waals surface area contributed by atoms with Crippen LogP contribution in [0.5, 0.6) is 0 Å². The summed E-state index contributed by atoms with van der Waals surface area (Å²) < 4.78 is 16.9. The molecule has 1 aromatic carbocycles. The predicted octanol–water partition coefficient (Wildman–Crippen LogP) is 2.07. The number of rotatable bonds is 2. The summed E-state index contributed by atoms with van der Waals surface area (Å²) >= 11 is 0. The molecule has 2 saturated heterocycles. The minimum absolute atomic E-state index is 0.107. The fourth-order valence-corrected chi connectivity index (χ4v) is 3.08. The molecule has 1 aromatic rings. The van der Waals surface area contributed by atoms with Gasteiger partial charge in [0.2, 0.25) is 0 Å². The number of benzene rings is 1. The fourth-order valence-electron chi connectivity index (χ4n) is 3.08. The maximum Gasteiger partial charge on any atom is 0.338 e. The van der Waals surface area contributed by atoms with Gasteiger partial charge in [0.1, 0.15) is 6.10 Å². The monoisotopic (exact) mass is 291 g/mol. The Kier molecular flexibility index (Phi) is 3.87. The van der Waals surface area contributed by atoms with E-state index in [2.05, 4.69) is 0 Å². The van der Waals surface area contributed by atoms with Gasteiger partial charge in [-0.3, -0.25) is 0 Å². The molecule has 21 heavy (non-hydrogen) atoms. The second kappa shape index (κ2) is 5.66. The summed E-state index contributed by atoms with van der Waals surface area (Å²) in [7, 11) is 0. The maximum absolute atomic E-state index is 12.3. The molecular weight excluding hydrogens is 270 g/mol. The first-order valence-electron chi connectivity index (χ1n) is 7.37. The molecule has 0 aromatic heterocycles. The molecule has 0 bridgehead atoms. The summed E-state index contributed by atoms with van der Waals surface area (Å²) in [6, 6.07) is 5.23. The van der Waals surface area contributed by atoms with E-state index in [9.17, 15) is 4.79 Å². The van der Waals surface area contributed by atoms with Gasteiger partial charge in [0.15, 0.2) is 0 Å². The van der Waals surface area contributed by atoms with Gasteiger partial charge in [-0.1, -0.05) is 0 Å². The summed E-state index contributed by atoms with van der Waals surface area (Å²) in [4.78, 5) is 12.3. The van der Waals surface area contributed by atoms with Crippen molar-refractivity contribution in [2.75, 3.05) is 25.6 Å².